The monoisotopic (exact) mass is 211 g/mol. The Bertz CT molecular complexity index is 355. The van der Waals surface area contributed by atoms with Crippen LogP contribution in [0.3, 0.4) is 0 Å². The number of thiophene rings is 1. The van der Waals surface area contributed by atoms with Crippen molar-refractivity contribution in [3.8, 4) is 0 Å². The molecule has 3 nitrogen and oxygen atoms in total. The van der Waals surface area contributed by atoms with E-state index in [-0.39, 0.29) is 11.4 Å². The number of rotatable bonds is 3. The van der Waals surface area contributed by atoms with E-state index in [1.54, 1.807) is 0 Å². The van der Waals surface area contributed by atoms with Gasteiger partial charge in [-0.1, -0.05) is 0 Å². The van der Waals surface area contributed by atoms with Crippen LogP contribution in [0.15, 0.2) is 11.4 Å². The maximum Gasteiger partial charge on any atom is 0.348 e. The molecule has 1 aromatic rings. The highest BCUT2D eigenvalue weighted by Crippen LogP contribution is 2.49. The Kier molecular flexibility index (Phi) is 2.33. The number of carbonyl (C=O) groups is 1. The highest BCUT2D eigenvalue weighted by atomic mass is 32.1. The van der Waals surface area contributed by atoms with Gasteiger partial charge in [0, 0.05) is 12.0 Å². The van der Waals surface area contributed by atoms with Crippen molar-refractivity contribution >= 4 is 17.3 Å². The van der Waals surface area contributed by atoms with Crippen LogP contribution in [-0.4, -0.2) is 19.6 Å². The Balaban J connectivity index is 2.35. The first kappa shape index (κ1) is 9.68. The molecule has 0 unspecified atom stereocenters. The Morgan fingerprint density at radius 2 is 2.43 bits per heavy atom. The minimum atomic E-state index is -0.241. The smallest absolute Gasteiger partial charge is 0.348 e. The summed E-state index contributed by atoms with van der Waals surface area (Å²) in [5, 5.41) is 1.93. The van der Waals surface area contributed by atoms with E-state index in [4.69, 9.17) is 10.5 Å². The normalized spacial score (nSPS) is 17.9. The van der Waals surface area contributed by atoms with Crippen LogP contribution >= 0.6 is 11.3 Å². The molecule has 1 saturated carbocycles. The number of methoxy groups -OCH3 is 1. The molecule has 0 atom stereocenters. The summed E-state index contributed by atoms with van der Waals surface area (Å²) in [4.78, 5) is 12.2. The lowest BCUT2D eigenvalue weighted by molar-refractivity contribution is 0.0604. The minimum Gasteiger partial charge on any atom is -0.465 e. The van der Waals surface area contributed by atoms with Crippen LogP contribution in [0.4, 0.5) is 0 Å². The summed E-state index contributed by atoms with van der Waals surface area (Å²) in [6.45, 7) is 0.619. The molecule has 0 amide bonds. The average Bonchev–Trinajstić information content (AvgIpc) is 2.87. The number of esters is 1. The van der Waals surface area contributed by atoms with Crippen molar-refractivity contribution in [3.63, 3.8) is 0 Å². The van der Waals surface area contributed by atoms with Gasteiger partial charge in [-0.15, -0.1) is 11.3 Å². The van der Waals surface area contributed by atoms with Gasteiger partial charge < -0.3 is 10.5 Å². The van der Waals surface area contributed by atoms with Gasteiger partial charge in [-0.05, 0) is 29.9 Å². The standard InChI is InChI=1S/C10H13NO2S/c1-13-9(12)8-7(2-5-14-8)10(6-11)3-4-10/h2,5H,3-4,6,11H2,1H3. The van der Waals surface area contributed by atoms with Crippen LogP contribution in [0.1, 0.15) is 28.1 Å². The molecule has 1 aromatic heterocycles. The van der Waals surface area contributed by atoms with Crippen molar-refractivity contribution in [2.24, 2.45) is 5.73 Å². The highest BCUT2D eigenvalue weighted by Gasteiger charge is 2.45. The van der Waals surface area contributed by atoms with E-state index in [1.807, 2.05) is 11.4 Å². The summed E-state index contributed by atoms with van der Waals surface area (Å²) in [5.41, 5.74) is 6.88. The lowest BCUT2D eigenvalue weighted by Crippen LogP contribution is -2.21. The number of hydrogen-bond donors (Lipinski definition) is 1. The Morgan fingerprint density at radius 1 is 1.71 bits per heavy atom. The number of ether oxygens (including phenoxy) is 1. The Hall–Kier alpha value is -0.870. The molecule has 1 fully saturated rings. The van der Waals surface area contributed by atoms with Crippen molar-refractivity contribution in [1.82, 2.24) is 0 Å². The molecular weight excluding hydrogens is 198 g/mol. The fraction of sp³-hybridized carbons (Fsp3) is 0.500. The minimum absolute atomic E-state index is 0.0729. The summed E-state index contributed by atoms with van der Waals surface area (Å²) < 4.78 is 4.73. The molecular formula is C10H13NO2S. The molecule has 0 radical (unpaired) electrons. The first-order valence-corrected chi connectivity index (χ1v) is 5.48. The predicted molar refractivity (Wildman–Crippen MR) is 55.6 cm³/mol. The maximum absolute atomic E-state index is 11.4. The van der Waals surface area contributed by atoms with Crippen LogP contribution < -0.4 is 5.73 Å². The number of nitrogens with two attached hydrogens (primary N) is 1. The molecule has 1 heterocycles. The van der Waals surface area contributed by atoms with Gasteiger partial charge in [0.2, 0.25) is 0 Å². The van der Waals surface area contributed by atoms with Crippen molar-refractivity contribution in [2.45, 2.75) is 18.3 Å². The van der Waals surface area contributed by atoms with Crippen LogP contribution in [0, 0.1) is 0 Å². The molecule has 1 aliphatic carbocycles. The zero-order valence-corrected chi connectivity index (χ0v) is 8.89. The highest BCUT2D eigenvalue weighted by molar-refractivity contribution is 7.12. The molecule has 0 spiro atoms. The molecule has 2 N–H and O–H groups in total. The zero-order chi connectivity index (χ0) is 10.2. The van der Waals surface area contributed by atoms with Crippen LogP contribution in [-0.2, 0) is 10.2 Å². The summed E-state index contributed by atoms with van der Waals surface area (Å²) in [7, 11) is 1.41. The topological polar surface area (TPSA) is 52.3 Å². The Morgan fingerprint density at radius 3 is 2.93 bits per heavy atom. The van der Waals surface area contributed by atoms with E-state index in [0.717, 1.165) is 23.3 Å². The van der Waals surface area contributed by atoms with Gasteiger partial charge in [-0.25, -0.2) is 4.79 Å². The molecule has 0 aromatic carbocycles. The van der Waals surface area contributed by atoms with E-state index in [9.17, 15) is 4.79 Å². The molecule has 0 saturated heterocycles. The van der Waals surface area contributed by atoms with Gasteiger partial charge in [0.1, 0.15) is 4.88 Å². The van der Waals surface area contributed by atoms with Crippen LogP contribution in [0.5, 0.6) is 0 Å². The number of carbonyl (C=O) groups excluding carboxylic acids is 1. The fourth-order valence-corrected chi connectivity index (χ4v) is 2.64. The zero-order valence-electron chi connectivity index (χ0n) is 8.08. The molecule has 2 rings (SSSR count). The van der Waals surface area contributed by atoms with E-state index in [1.165, 1.54) is 18.4 Å². The third-order valence-electron chi connectivity index (χ3n) is 2.85. The molecule has 0 aliphatic heterocycles. The van der Waals surface area contributed by atoms with E-state index < -0.39 is 0 Å². The fourth-order valence-electron chi connectivity index (χ4n) is 1.71. The second kappa shape index (κ2) is 3.37. The maximum atomic E-state index is 11.4. The molecule has 14 heavy (non-hydrogen) atoms. The number of hydrogen-bond acceptors (Lipinski definition) is 4. The second-order valence-electron chi connectivity index (χ2n) is 3.64. The van der Waals surface area contributed by atoms with Gasteiger partial charge in [-0.2, -0.15) is 0 Å². The van der Waals surface area contributed by atoms with E-state index in [2.05, 4.69) is 0 Å². The van der Waals surface area contributed by atoms with Crippen LogP contribution in [0.25, 0.3) is 0 Å². The van der Waals surface area contributed by atoms with Gasteiger partial charge >= 0.3 is 5.97 Å². The van der Waals surface area contributed by atoms with Gasteiger partial charge in [0.05, 0.1) is 7.11 Å². The van der Waals surface area contributed by atoms with Crippen molar-refractivity contribution in [1.29, 1.82) is 0 Å². The molecule has 0 bridgehead atoms. The summed E-state index contributed by atoms with van der Waals surface area (Å²) in [6, 6.07) is 2.00. The largest absolute Gasteiger partial charge is 0.465 e. The summed E-state index contributed by atoms with van der Waals surface area (Å²) in [5.74, 6) is -0.241. The third kappa shape index (κ3) is 1.35. The van der Waals surface area contributed by atoms with E-state index >= 15 is 0 Å². The first-order chi connectivity index (χ1) is 6.73. The Labute approximate surface area is 86.9 Å². The molecule has 1 aliphatic rings. The molecule has 76 valence electrons. The SMILES string of the molecule is COC(=O)c1sccc1C1(CN)CC1. The van der Waals surface area contributed by atoms with Crippen LogP contribution in [0.2, 0.25) is 0 Å². The first-order valence-electron chi connectivity index (χ1n) is 4.60. The molecule has 4 heteroatoms. The van der Waals surface area contributed by atoms with Crippen molar-refractivity contribution < 1.29 is 9.53 Å². The average molecular weight is 211 g/mol. The third-order valence-corrected chi connectivity index (χ3v) is 3.75. The quantitative estimate of drug-likeness (QED) is 0.771. The van der Waals surface area contributed by atoms with Gasteiger partial charge in [0.15, 0.2) is 0 Å². The lowest BCUT2D eigenvalue weighted by atomic mass is 9.97. The lowest BCUT2D eigenvalue weighted by Gasteiger charge is -2.12. The van der Waals surface area contributed by atoms with Gasteiger partial charge in [0.25, 0.3) is 0 Å². The van der Waals surface area contributed by atoms with Gasteiger partial charge in [-0.3, -0.25) is 0 Å². The van der Waals surface area contributed by atoms with Crippen molar-refractivity contribution in [2.75, 3.05) is 13.7 Å². The van der Waals surface area contributed by atoms with Crippen molar-refractivity contribution in [3.05, 3.63) is 21.9 Å². The predicted octanol–water partition coefficient (Wildman–Crippen LogP) is 1.53. The second-order valence-corrected chi connectivity index (χ2v) is 4.56. The summed E-state index contributed by atoms with van der Waals surface area (Å²) in [6.07, 6.45) is 2.18. The summed E-state index contributed by atoms with van der Waals surface area (Å²) >= 11 is 1.43. The van der Waals surface area contributed by atoms with E-state index in [0.29, 0.717) is 6.54 Å².